The number of halogens is 1. The van der Waals surface area contributed by atoms with Gasteiger partial charge in [-0.3, -0.25) is 0 Å². The molecule has 0 radical (unpaired) electrons. The Hall–Kier alpha value is -1.60. The molecule has 80 valence electrons. The summed E-state index contributed by atoms with van der Waals surface area (Å²) in [5.41, 5.74) is 0.168. The summed E-state index contributed by atoms with van der Waals surface area (Å²) in [6.07, 6.45) is 1.35. The molecular weight excluding hydrogens is 216 g/mol. The van der Waals surface area contributed by atoms with E-state index in [1.165, 1.54) is 19.4 Å². The van der Waals surface area contributed by atoms with Crippen LogP contribution in [0.15, 0.2) is 12.3 Å². The Labute approximate surface area is 93.5 Å². The summed E-state index contributed by atoms with van der Waals surface area (Å²) >= 11 is 5.62. The number of nitrogens with zero attached hydrogens (tertiary/aromatic N) is 2. The van der Waals surface area contributed by atoms with Gasteiger partial charge in [0.1, 0.15) is 16.8 Å². The van der Waals surface area contributed by atoms with Crippen molar-refractivity contribution in [3.05, 3.63) is 28.5 Å². The van der Waals surface area contributed by atoms with Crippen LogP contribution in [0.2, 0.25) is 5.15 Å². The Morgan fingerprint density at radius 1 is 1.60 bits per heavy atom. The van der Waals surface area contributed by atoms with Crippen molar-refractivity contribution in [1.82, 2.24) is 4.98 Å². The van der Waals surface area contributed by atoms with Crippen LogP contribution in [0, 0.1) is 11.3 Å². The summed E-state index contributed by atoms with van der Waals surface area (Å²) in [6, 6.07) is 3.23. The lowest BCUT2D eigenvalue weighted by Crippen LogP contribution is -2.06. The third-order valence-corrected chi connectivity index (χ3v) is 1.70. The number of carbonyl (C=O) groups excluding carboxylic acids is 1. The fourth-order valence-electron chi connectivity index (χ4n) is 0.826. The number of esters is 1. The molecule has 0 amide bonds. The number of hydrogen-bond donors (Lipinski definition) is 0. The third-order valence-electron chi connectivity index (χ3n) is 1.41. The Kier molecular flexibility index (Phi) is 6.07. The monoisotopic (exact) mass is 226 g/mol. The highest BCUT2D eigenvalue weighted by atomic mass is 35.5. The number of methoxy groups -OCH3 is 1. The van der Waals surface area contributed by atoms with Crippen LogP contribution in [-0.2, 0) is 4.74 Å². The molecule has 0 N–H and O–H groups in total. The first-order valence-electron chi connectivity index (χ1n) is 4.33. The maximum Gasteiger partial charge on any atom is 0.342 e. The van der Waals surface area contributed by atoms with Gasteiger partial charge in [0.05, 0.1) is 12.7 Å². The van der Waals surface area contributed by atoms with Gasteiger partial charge in [0.25, 0.3) is 0 Å². The van der Waals surface area contributed by atoms with E-state index >= 15 is 0 Å². The van der Waals surface area contributed by atoms with Gasteiger partial charge in [-0.15, -0.1) is 0 Å². The topological polar surface area (TPSA) is 63.0 Å². The normalized spacial score (nSPS) is 8.20. The van der Waals surface area contributed by atoms with Crippen molar-refractivity contribution < 1.29 is 9.53 Å². The molecule has 0 aromatic carbocycles. The largest absolute Gasteiger partial charge is 0.465 e. The molecule has 0 unspecified atom stereocenters. The summed E-state index contributed by atoms with van der Waals surface area (Å²) in [5, 5.41) is 8.62. The molecule has 0 saturated carbocycles. The van der Waals surface area contributed by atoms with Crippen LogP contribution in [0.25, 0.3) is 0 Å². The first kappa shape index (κ1) is 13.4. The summed E-state index contributed by atoms with van der Waals surface area (Å²) in [7, 11) is 1.22. The number of hydrogen-bond acceptors (Lipinski definition) is 4. The van der Waals surface area contributed by atoms with Crippen LogP contribution in [0.4, 0.5) is 0 Å². The maximum atomic E-state index is 11.1. The minimum absolute atomic E-state index is 0.00849. The van der Waals surface area contributed by atoms with Gasteiger partial charge in [-0.1, -0.05) is 25.4 Å². The lowest BCUT2D eigenvalue weighted by atomic mass is 10.1. The van der Waals surface area contributed by atoms with Gasteiger partial charge in [-0.05, 0) is 6.07 Å². The summed E-state index contributed by atoms with van der Waals surface area (Å²) in [6.45, 7) is 4.00. The van der Waals surface area contributed by atoms with E-state index in [9.17, 15) is 4.79 Å². The predicted octanol–water partition coefficient (Wildman–Crippen LogP) is 2.42. The van der Waals surface area contributed by atoms with Crippen molar-refractivity contribution in [2.45, 2.75) is 13.8 Å². The number of nitriles is 1. The minimum Gasteiger partial charge on any atom is -0.465 e. The average Bonchev–Trinajstić information content (AvgIpc) is 2.30. The molecule has 0 atom stereocenters. The first-order chi connectivity index (χ1) is 7.20. The van der Waals surface area contributed by atoms with Crippen molar-refractivity contribution in [1.29, 1.82) is 5.26 Å². The fraction of sp³-hybridized carbons (Fsp3) is 0.300. The lowest BCUT2D eigenvalue weighted by molar-refractivity contribution is 0.0600. The van der Waals surface area contributed by atoms with Crippen molar-refractivity contribution in [3.8, 4) is 6.07 Å². The van der Waals surface area contributed by atoms with Gasteiger partial charge in [0, 0.05) is 6.20 Å². The molecular formula is C10H11ClN2O2. The molecule has 0 aliphatic carbocycles. The lowest BCUT2D eigenvalue weighted by Gasteiger charge is -2.01. The third kappa shape index (κ3) is 3.22. The quantitative estimate of drug-likeness (QED) is 0.545. The summed E-state index contributed by atoms with van der Waals surface area (Å²) in [5.74, 6) is -0.658. The highest BCUT2D eigenvalue weighted by molar-refractivity contribution is 6.32. The summed E-state index contributed by atoms with van der Waals surface area (Å²) in [4.78, 5) is 14.8. The predicted molar refractivity (Wildman–Crippen MR) is 56.6 cm³/mol. The second kappa shape index (κ2) is 6.80. The molecule has 1 aromatic rings. The zero-order valence-electron chi connectivity index (χ0n) is 8.74. The molecule has 0 aliphatic heterocycles. The molecule has 1 heterocycles. The second-order valence-corrected chi connectivity index (χ2v) is 2.49. The van der Waals surface area contributed by atoms with Crippen molar-refractivity contribution in [2.75, 3.05) is 7.11 Å². The number of aromatic nitrogens is 1. The van der Waals surface area contributed by atoms with E-state index in [2.05, 4.69) is 9.72 Å². The second-order valence-electron chi connectivity index (χ2n) is 2.13. The SMILES string of the molecule is CC.COC(=O)c1c(C#N)ccnc1Cl. The van der Waals surface area contributed by atoms with E-state index < -0.39 is 5.97 Å². The molecule has 0 bridgehead atoms. The minimum atomic E-state index is -0.658. The molecule has 1 aromatic heterocycles. The van der Waals surface area contributed by atoms with Crippen molar-refractivity contribution >= 4 is 17.6 Å². The van der Waals surface area contributed by atoms with Crippen LogP contribution < -0.4 is 0 Å². The Morgan fingerprint density at radius 2 is 2.20 bits per heavy atom. The van der Waals surface area contributed by atoms with Crippen LogP contribution in [-0.4, -0.2) is 18.1 Å². The molecule has 1 rings (SSSR count). The smallest absolute Gasteiger partial charge is 0.342 e. The number of ether oxygens (including phenoxy) is 1. The Morgan fingerprint density at radius 3 is 2.67 bits per heavy atom. The first-order valence-corrected chi connectivity index (χ1v) is 4.71. The van der Waals surface area contributed by atoms with E-state index in [1.54, 1.807) is 0 Å². The number of rotatable bonds is 1. The van der Waals surface area contributed by atoms with Gasteiger partial charge in [0.2, 0.25) is 0 Å². The van der Waals surface area contributed by atoms with Crippen molar-refractivity contribution in [2.24, 2.45) is 0 Å². The zero-order valence-corrected chi connectivity index (χ0v) is 9.50. The highest BCUT2D eigenvalue weighted by Crippen LogP contribution is 2.17. The Bertz CT molecular complexity index is 385. The zero-order chi connectivity index (χ0) is 11.8. The van der Waals surface area contributed by atoms with Gasteiger partial charge in [-0.2, -0.15) is 5.26 Å². The van der Waals surface area contributed by atoms with Gasteiger partial charge in [0.15, 0.2) is 0 Å². The Balaban J connectivity index is 0.000000921. The van der Waals surface area contributed by atoms with Gasteiger partial charge < -0.3 is 4.74 Å². The molecule has 0 fully saturated rings. The maximum absolute atomic E-state index is 11.1. The summed E-state index contributed by atoms with van der Waals surface area (Å²) < 4.78 is 4.45. The van der Waals surface area contributed by atoms with Gasteiger partial charge in [-0.25, -0.2) is 9.78 Å². The molecule has 0 saturated heterocycles. The molecule has 5 heteroatoms. The van der Waals surface area contributed by atoms with Crippen LogP contribution in [0.5, 0.6) is 0 Å². The number of pyridine rings is 1. The van der Waals surface area contributed by atoms with Crippen LogP contribution in [0.1, 0.15) is 29.8 Å². The fourth-order valence-corrected chi connectivity index (χ4v) is 1.06. The van der Waals surface area contributed by atoms with Crippen LogP contribution >= 0.6 is 11.6 Å². The van der Waals surface area contributed by atoms with Crippen molar-refractivity contribution in [3.63, 3.8) is 0 Å². The van der Waals surface area contributed by atoms with E-state index in [4.69, 9.17) is 16.9 Å². The standard InChI is InChI=1S/C8H5ClN2O2.C2H6/c1-13-8(12)6-5(4-10)2-3-11-7(6)9;1-2/h2-3H,1H3;1-2H3. The van der Waals surface area contributed by atoms with E-state index in [0.29, 0.717) is 0 Å². The van der Waals surface area contributed by atoms with E-state index in [-0.39, 0.29) is 16.3 Å². The highest BCUT2D eigenvalue weighted by Gasteiger charge is 2.16. The molecule has 0 aliphatic rings. The average molecular weight is 227 g/mol. The molecule has 15 heavy (non-hydrogen) atoms. The van der Waals surface area contributed by atoms with Gasteiger partial charge >= 0.3 is 5.97 Å². The van der Waals surface area contributed by atoms with E-state index in [1.807, 2.05) is 19.9 Å². The molecule has 0 spiro atoms. The van der Waals surface area contributed by atoms with Crippen LogP contribution in [0.3, 0.4) is 0 Å². The van der Waals surface area contributed by atoms with E-state index in [0.717, 1.165) is 0 Å². The number of carbonyl (C=O) groups is 1. The molecule has 4 nitrogen and oxygen atoms in total.